The van der Waals surface area contributed by atoms with E-state index >= 15 is 0 Å². The van der Waals surface area contributed by atoms with E-state index in [9.17, 15) is 5.11 Å². The summed E-state index contributed by atoms with van der Waals surface area (Å²) in [6.45, 7) is 6.96. The highest BCUT2D eigenvalue weighted by atomic mass is 16.3. The maximum Gasteiger partial charge on any atom is 0.124 e. The van der Waals surface area contributed by atoms with E-state index in [2.05, 4.69) is 38.1 Å². The van der Waals surface area contributed by atoms with E-state index < -0.39 is 6.23 Å². The van der Waals surface area contributed by atoms with Gasteiger partial charge in [0.15, 0.2) is 0 Å². The molecule has 1 unspecified atom stereocenters. The molecule has 84 valence electrons. The summed E-state index contributed by atoms with van der Waals surface area (Å²) in [6, 6.07) is 8.29. The van der Waals surface area contributed by atoms with E-state index in [1.165, 1.54) is 5.56 Å². The predicted octanol–water partition coefficient (Wildman–Crippen LogP) is 2.94. The predicted molar refractivity (Wildman–Crippen MR) is 65.1 cm³/mol. The first-order valence-electron chi connectivity index (χ1n) is 5.66. The molecule has 2 nitrogen and oxygen atoms in total. The van der Waals surface area contributed by atoms with Crippen molar-refractivity contribution in [2.24, 2.45) is 0 Å². The third-order valence-corrected chi connectivity index (χ3v) is 2.57. The molecular weight excluding hydrogens is 186 g/mol. The number of aliphatic hydroxyl groups is 1. The quantitative estimate of drug-likeness (QED) is 0.750. The zero-order valence-corrected chi connectivity index (χ0v) is 9.90. The smallest absolute Gasteiger partial charge is 0.124 e. The maximum atomic E-state index is 9.69. The largest absolute Gasteiger partial charge is 0.374 e. The van der Waals surface area contributed by atoms with Gasteiger partial charge < -0.3 is 10.0 Å². The van der Waals surface area contributed by atoms with Gasteiger partial charge in [-0.05, 0) is 32.4 Å². The van der Waals surface area contributed by atoms with Crippen LogP contribution in [-0.4, -0.2) is 17.9 Å². The first kappa shape index (κ1) is 12.1. The number of benzene rings is 1. The summed E-state index contributed by atoms with van der Waals surface area (Å²) >= 11 is 0. The Morgan fingerprint density at radius 1 is 1.27 bits per heavy atom. The number of anilines is 1. The van der Waals surface area contributed by atoms with E-state index in [4.69, 9.17) is 0 Å². The minimum Gasteiger partial charge on any atom is -0.374 e. The number of unbranched alkanes of at least 4 members (excludes halogenated alkanes) is 1. The summed E-state index contributed by atoms with van der Waals surface area (Å²) < 4.78 is 0. The van der Waals surface area contributed by atoms with Gasteiger partial charge in [0.25, 0.3) is 0 Å². The Hall–Kier alpha value is -1.02. The number of hydrogen-bond donors (Lipinski definition) is 1. The highest BCUT2D eigenvalue weighted by Gasteiger charge is 2.10. The second-order valence-electron chi connectivity index (χ2n) is 4.01. The Kier molecular flexibility index (Phi) is 4.63. The molecular formula is C13H21NO. The maximum absolute atomic E-state index is 9.69. The standard InChI is InChI=1S/C13H21NO/c1-4-5-10-14(12(3)15)13-8-6-11(2)7-9-13/h6-9,12,15H,4-5,10H2,1-3H3. The minimum atomic E-state index is -0.417. The molecule has 1 N–H and O–H groups in total. The lowest BCUT2D eigenvalue weighted by atomic mass is 10.2. The summed E-state index contributed by atoms with van der Waals surface area (Å²) in [5, 5.41) is 9.69. The fourth-order valence-corrected chi connectivity index (χ4v) is 1.60. The minimum absolute atomic E-state index is 0.417. The van der Waals surface area contributed by atoms with Gasteiger partial charge in [0.2, 0.25) is 0 Å². The van der Waals surface area contributed by atoms with Gasteiger partial charge in [-0.3, -0.25) is 0 Å². The Balaban J connectivity index is 2.74. The molecule has 0 bridgehead atoms. The molecule has 0 spiro atoms. The molecule has 1 rings (SSSR count). The van der Waals surface area contributed by atoms with Crippen LogP contribution in [0.5, 0.6) is 0 Å². The molecule has 0 fully saturated rings. The normalized spacial score (nSPS) is 12.5. The van der Waals surface area contributed by atoms with Crippen molar-refractivity contribution in [3.63, 3.8) is 0 Å². The highest BCUT2D eigenvalue weighted by Crippen LogP contribution is 2.17. The van der Waals surface area contributed by atoms with Gasteiger partial charge in [-0.2, -0.15) is 0 Å². The fraction of sp³-hybridized carbons (Fsp3) is 0.538. The second kappa shape index (κ2) is 5.76. The fourth-order valence-electron chi connectivity index (χ4n) is 1.60. The molecule has 0 aromatic heterocycles. The van der Waals surface area contributed by atoms with Crippen molar-refractivity contribution in [2.45, 2.75) is 39.8 Å². The lowest BCUT2D eigenvalue weighted by Crippen LogP contribution is -2.33. The van der Waals surface area contributed by atoms with Gasteiger partial charge in [0.05, 0.1) is 0 Å². The Morgan fingerprint density at radius 2 is 1.87 bits per heavy atom. The van der Waals surface area contributed by atoms with Crippen molar-refractivity contribution < 1.29 is 5.11 Å². The van der Waals surface area contributed by atoms with Crippen molar-refractivity contribution in [2.75, 3.05) is 11.4 Å². The monoisotopic (exact) mass is 207 g/mol. The third kappa shape index (κ3) is 3.56. The van der Waals surface area contributed by atoms with Crippen molar-refractivity contribution in [3.05, 3.63) is 29.8 Å². The molecule has 0 aliphatic heterocycles. The van der Waals surface area contributed by atoms with Crippen LogP contribution in [0.15, 0.2) is 24.3 Å². The van der Waals surface area contributed by atoms with Gasteiger partial charge in [-0.25, -0.2) is 0 Å². The van der Waals surface area contributed by atoms with Crippen molar-refractivity contribution >= 4 is 5.69 Å². The Labute approximate surface area is 92.5 Å². The molecule has 0 heterocycles. The molecule has 0 radical (unpaired) electrons. The van der Waals surface area contributed by atoms with Gasteiger partial charge >= 0.3 is 0 Å². The number of rotatable bonds is 5. The van der Waals surface area contributed by atoms with Gasteiger partial charge in [-0.15, -0.1) is 0 Å². The van der Waals surface area contributed by atoms with Crippen LogP contribution in [0.2, 0.25) is 0 Å². The van der Waals surface area contributed by atoms with Gasteiger partial charge in [0.1, 0.15) is 6.23 Å². The number of nitrogens with zero attached hydrogens (tertiary/aromatic N) is 1. The van der Waals surface area contributed by atoms with Gasteiger partial charge in [0, 0.05) is 12.2 Å². The third-order valence-electron chi connectivity index (χ3n) is 2.57. The summed E-state index contributed by atoms with van der Waals surface area (Å²) in [7, 11) is 0. The molecule has 0 amide bonds. The van der Waals surface area contributed by atoms with Crippen LogP contribution in [0.4, 0.5) is 5.69 Å². The van der Waals surface area contributed by atoms with Crippen LogP contribution < -0.4 is 4.90 Å². The molecule has 15 heavy (non-hydrogen) atoms. The van der Waals surface area contributed by atoms with Crippen LogP contribution in [0, 0.1) is 6.92 Å². The van der Waals surface area contributed by atoms with Crippen molar-refractivity contribution in [1.29, 1.82) is 0 Å². The molecule has 1 aromatic rings. The van der Waals surface area contributed by atoms with Crippen LogP contribution >= 0.6 is 0 Å². The van der Waals surface area contributed by atoms with Crippen molar-refractivity contribution in [3.8, 4) is 0 Å². The molecule has 0 aliphatic rings. The SMILES string of the molecule is CCCCN(c1ccc(C)cc1)C(C)O. The van der Waals surface area contributed by atoms with Crippen LogP contribution in [0.3, 0.4) is 0 Å². The molecule has 1 aromatic carbocycles. The first-order valence-corrected chi connectivity index (χ1v) is 5.66. The zero-order chi connectivity index (χ0) is 11.3. The molecule has 0 saturated carbocycles. The zero-order valence-electron chi connectivity index (χ0n) is 9.90. The van der Waals surface area contributed by atoms with Crippen molar-refractivity contribution in [1.82, 2.24) is 0 Å². The van der Waals surface area contributed by atoms with E-state index in [0.717, 1.165) is 25.1 Å². The summed E-state index contributed by atoms with van der Waals surface area (Å²) in [5.74, 6) is 0. The number of aryl methyl sites for hydroxylation is 1. The summed E-state index contributed by atoms with van der Waals surface area (Å²) in [6.07, 6.45) is 1.84. The summed E-state index contributed by atoms with van der Waals surface area (Å²) in [5.41, 5.74) is 2.35. The van der Waals surface area contributed by atoms with Crippen LogP contribution in [0.25, 0.3) is 0 Å². The second-order valence-corrected chi connectivity index (χ2v) is 4.01. The average molecular weight is 207 g/mol. The molecule has 2 heteroatoms. The first-order chi connectivity index (χ1) is 7.15. The number of hydrogen-bond acceptors (Lipinski definition) is 2. The molecule has 0 saturated heterocycles. The average Bonchev–Trinajstić information content (AvgIpc) is 2.21. The molecule has 1 atom stereocenters. The lowest BCUT2D eigenvalue weighted by Gasteiger charge is -2.27. The molecule has 0 aliphatic carbocycles. The number of aliphatic hydroxyl groups excluding tert-OH is 1. The van der Waals surface area contributed by atoms with E-state index in [-0.39, 0.29) is 0 Å². The van der Waals surface area contributed by atoms with Crippen LogP contribution in [-0.2, 0) is 0 Å². The van der Waals surface area contributed by atoms with E-state index in [1.807, 2.05) is 11.8 Å². The lowest BCUT2D eigenvalue weighted by molar-refractivity contribution is 0.188. The van der Waals surface area contributed by atoms with Crippen LogP contribution in [0.1, 0.15) is 32.3 Å². The van der Waals surface area contributed by atoms with Gasteiger partial charge in [-0.1, -0.05) is 31.0 Å². The Morgan fingerprint density at radius 3 is 2.33 bits per heavy atom. The Bertz CT molecular complexity index is 279. The topological polar surface area (TPSA) is 23.5 Å². The van der Waals surface area contributed by atoms with E-state index in [0.29, 0.717) is 0 Å². The summed E-state index contributed by atoms with van der Waals surface area (Å²) in [4.78, 5) is 2.03. The van der Waals surface area contributed by atoms with E-state index in [1.54, 1.807) is 0 Å². The highest BCUT2D eigenvalue weighted by molar-refractivity contribution is 5.47.